The average molecular weight is 462 g/mol. The molecule has 2 aromatic carbocycles. The first kappa shape index (κ1) is 22.3. The van der Waals surface area contributed by atoms with Crippen LogP contribution >= 0.6 is 0 Å². The van der Waals surface area contributed by atoms with Crippen molar-refractivity contribution in [3.63, 3.8) is 0 Å². The molecule has 7 nitrogen and oxygen atoms in total. The molecule has 1 N–H and O–H groups in total. The van der Waals surface area contributed by atoms with E-state index in [0.29, 0.717) is 45.4 Å². The van der Waals surface area contributed by atoms with Crippen molar-refractivity contribution < 1.29 is 14.0 Å². The number of amides is 3. The second kappa shape index (κ2) is 9.02. The monoisotopic (exact) mass is 461 g/mol. The number of urea groups is 1. The molecule has 0 aliphatic carbocycles. The molecule has 0 atom stereocenters. The minimum atomic E-state index is -0.763. The minimum Gasteiger partial charge on any atom is -0.312 e. The van der Waals surface area contributed by atoms with E-state index in [1.165, 1.54) is 17.0 Å². The highest BCUT2D eigenvalue weighted by Crippen LogP contribution is 2.37. The molecule has 0 radical (unpaired) electrons. The Hall–Kier alpha value is -3.52. The van der Waals surface area contributed by atoms with Crippen LogP contribution in [0.2, 0.25) is 0 Å². The predicted octanol–water partition coefficient (Wildman–Crippen LogP) is 3.69. The molecule has 3 heterocycles. The predicted molar refractivity (Wildman–Crippen MR) is 126 cm³/mol. The normalized spacial score (nSPS) is 18.3. The van der Waals surface area contributed by atoms with E-state index in [-0.39, 0.29) is 17.8 Å². The van der Waals surface area contributed by atoms with Gasteiger partial charge in [0.1, 0.15) is 11.4 Å². The molecular formula is C26H28FN5O2. The molecule has 3 amide bonds. The van der Waals surface area contributed by atoms with Gasteiger partial charge in [-0.3, -0.25) is 19.7 Å². The van der Waals surface area contributed by atoms with Crippen LogP contribution in [0.3, 0.4) is 0 Å². The summed E-state index contributed by atoms with van der Waals surface area (Å²) in [5, 5.41) is 7.21. The smallest absolute Gasteiger partial charge is 0.312 e. The summed E-state index contributed by atoms with van der Waals surface area (Å²) in [6, 6.07) is 16.1. The SMILES string of the molecule is CN1C(=O)N(CCc2ccccc2)C(=O)C12CCN(Cc1cn[nH]c1-c1ccc(F)cc1)CC2. The van der Waals surface area contributed by atoms with Crippen LogP contribution in [0.1, 0.15) is 24.0 Å². The maximum absolute atomic E-state index is 13.4. The van der Waals surface area contributed by atoms with Crippen LogP contribution in [0.4, 0.5) is 9.18 Å². The van der Waals surface area contributed by atoms with Crippen molar-refractivity contribution in [2.75, 3.05) is 26.7 Å². The zero-order chi connectivity index (χ0) is 23.7. The third kappa shape index (κ3) is 3.98. The van der Waals surface area contributed by atoms with Gasteiger partial charge in [-0.2, -0.15) is 5.10 Å². The topological polar surface area (TPSA) is 72.5 Å². The highest BCUT2D eigenvalue weighted by Gasteiger charge is 2.56. The van der Waals surface area contributed by atoms with E-state index in [4.69, 9.17) is 0 Å². The van der Waals surface area contributed by atoms with E-state index >= 15 is 0 Å². The second-order valence-corrected chi connectivity index (χ2v) is 9.12. The van der Waals surface area contributed by atoms with Gasteiger partial charge in [-0.15, -0.1) is 0 Å². The van der Waals surface area contributed by atoms with Crippen LogP contribution in [-0.2, 0) is 17.8 Å². The van der Waals surface area contributed by atoms with Gasteiger partial charge in [0.15, 0.2) is 0 Å². The molecule has 1 aromatic heterocycles. The Morgan fingerprint density at radius 2 is 1.74 bits per heavy atom. The standard InChI is InChI=1S/C26H28FN5O2/c1-30-25(34)32(14-11-19-5-3-2-4-6-19)24(33)26(30)12-15-31(16-13-26)18-21-17-28-29-23(21)20-7-9-22(27)10-8-20/h2-10,17H,11-16,18H2,1H3,(H,28,29). The summed E-state index contributed by atoms with van der Waals surface area (Å²) in [5.41, 5.74) is 3.12. The number of likely N-dealkylation sites (N-methyl/N-ethyl adjacent to an activating group) is 1. The van der Waals surface area contributed by atoms with Gasteiger partial charge in [0.2, 0.25) is 0 Å². The molecule has 8 heteroatoms. The quantitative estimate of drug-likeness (QED) is 0.569. The minimum absolute atomic E-state index is 0.0779. The maximum atomic E-state index is 13.4. The first-order valence-electron chi connectivity index (χ1n) is 11.6. The fraction of sp³-hybridized carbons (Fsp3) is 0.346. The van der Waals surface area contributed by atoms with E-state index in [1.54, 1.807) is 30.3 Å². The van der Waals surface area contributed by atoms with Crippen molar-refractivity contribution in [2.45, 2.75) is 31.3 Å². The van der Waals surface area contributed by atoms with Gasteiger partial charge < -0.3 is 4.90 Å². The van der Waals surface area contributed by atoms with Crippen molar-refractivity contribution in [3.05, 3.63) is 77.7 Å². The number of likely N-dealkylation sites (tertiary alicyclic amines) is 1. The van der Waals surface area contributed by atoms with E-state index in [1.807, 2.05) is 30.3 Å². The summed E-state index contributed by atoms with van der Waals surface area (Å²) in [7, 11) is 1.75. The Balaban J connectivity index is 1.24. The number of imide groups is 1. The molecule has 0 unspecified atom stereocenters. The molecule has 0 bridgehead atoms. The lowest BCUT2D eigenvalue weighted by Gasteiger charge is -2.40. The number of hydrogen-bond donors (Lipinski definition) is 1. The van der Waals surface area contributed by atoms with Crippen molar-refractivity contribution in [3.8, 4) is 11.3 Å². The number of benzene rings is 2. The van der Waals surface area contributed by atoms with Gasteiger partial charge in [-0.1, -0.05) is 30.3 Å². The number of carbonyl (C=O) groups is 2. The number of aromatic nitrogens is 2. The number of hydrogen-bond acceptors (Lipinski definition) is 4. The number of piperidine rings is 1. The van der Waals surface area contributed by atoms with E-state index < -0.39 is 5.54 Å². The number of halogens is 1. The molecule has 5 rings (SSSR count). The molecule has 34 heavy (non-hydrogen) atoms. The number of nitrogens with zero attached hydrogens (tertiary/aromatic N) is 4. The largest absolute Gasteiger partial charge is 0.327 e. The number of aromatic amines is 1. The van der Waals surface area contributed by atoms with Gasteiger partial charge in [-0.05, 0) is 49.1 Å². The van der Waals surface area contributed by atoms with Gasteiger partial charge in [-0.25, -0.2) is 9.18 Å². The zero-order valence-electron chi connectivity index (χ0n) is 19.2. The highest BCUT2D eigenvalue weighted by atomic mass is 19.1. The van der Waals surface area contributed by atoms with E-state index in [9.17, 15) is 14.0 Å². The van der Waals surface area contributed by atoms with Crippen LogP contribution in [0.5, 0.6) is 0 Å². The van der Waals surface area contributed by atoms with Crippen LogP contribution < -0.4 is 0 Å². The lowest BCUT2D eigenvalue weighted by Crippen LogP contribution is -2.55. The Morgan fingerprint density at radius 1 is 1.03 bits per heavy atom. The van der Waals surface area contributed by atoms with Gasteiger partial charge >= 0.3 is 6.03 Å². The highest BCUT2D eigenvalue weighted by molar-refractivity contribution is 6.07. The first-order chi connectivity index (χ1) is 16.5. The van der Waals surface area contributed by atoms with Gasteiger partial charge in [0, 0.05) is 44.4 Å². The Labute approximate surface area is 198 Å². The second-order valence-electron chi connectivity index (χ2n) is 9.12. The van der Waals surface area contributed by atoms with Gasteiger partial charge in [0.25, 0.3) is 5.91 Å². The summed E-state index contributed by atoms with van der Waals surface area (Å²) in [4.78, 5) is 31.7. The van der Waals surface area contributed by atoms with Crippen LogP contribution in [0.25, 0.3) is 11.3 Å². The summed E-state index contributed by atoms with van der Waals surface area (Å²) >= 11 is 0. The van der Waals surface area contributed by atoms with E-state index in [0.717, 1.165) is 22.4 Å². The molecule has 2 saturated heterocycles. The van der Waals surface area contributed by atoms with Crippen molar-refractivity contribution in [1.82, 2.24) is 24.9 Å². The molecule has 3 aromatic rings. The molecule has 2 fully saturated rings. The Bertz CT molecular complexity index is 1170. The van der Waals surface area contributed by atoms with Crippen molar-refractivity contribution in [1.29, 1.82) is 0 Å². The number of nitrogens with one attached hydrogen (secondary N) is 1. The Morgan fingerprint density at radius 3 is 2.44 bits per heavy atom. The lowest BCUT2D eigenvalue weighted by molar-refractivity contribution is -0.135. The lowest BCUT2D eigenvalue weighted by atomic mass is 9.86. The molecule has 2 aliphatic heterocycles. The van der Waals surface area contributed by atoms with Crippen molar-refractivity contribution >= 4 is 11.9 Å². The maximum Gasteiger partial charge on any atom is 0.327 e. The molecular weight excluding hydrogens is 433 g/mol. The fourth-order valence-corrected chi connectivity index (χ4v) is 5.10. The first-order valence-corrected chi connectivity index (χ1v) is 11.6. The number of carbonyl (C=O) groups excluding carboxylic acids is 2. The fourth-order valence-electron chi connectivity index (χ4n) is 5.10. The average Bonchev–Trinajstić information content (AvgIpc) is 3.38. The van der Waals surface area contributed by atoms with Crippen LogP contribution in [0, 0.1) is 5.82 Å². The van der Waals surface area contributed by atoms with Crippen LogP contribution in [-0.4, -0.2) is 69.1 Å². The van der Waals surface area contributed by atoms with Gasteiger partial charge in [0.05, 0.1) is 11.9 Å². The van der Waals surface area contributed by atoms with Crippen molar-refractivity contribution in [2.24, 2.45) is 0 Å². The van der Waals surface area contributed by atoms with E-state index in [2.05, 4.69) is 15.1 Å². The summed E-state index contributed by atoms with van der Waals surface area (Å²) in [5.74, 6) is -0.352. The number of H-pyrrole nitrogens is 1. The summed E-state index contributed by atoms with van der Waals surface area (Å²) in [6.45, 7) is 2.46. The summed E-state index contributed by atoms with van der Waals surface area (Å²) in [6.07, 6.45) is 3.64. The zero-order valence-corrected chi connectivity index (χ0v) is 19.2. The summed E-state index contributed by atoms with van der Waals surface area (Å²) < 4.78 is 13.3. The number of rotatable bonds is 6. The molecule has 176 valence electrons. The third-order valence-corrected chi connectivity index (χ3v) is 7.20. The Kier molecular flexibility index (Phi) is 5.91. The molecule has 0 saturated carbocycles. The van der Waals surface area contributed by atoms with Crippen LogP contribution in [0.15, 0.2) is 60.8 Å². The molecule has 2 aliphatic rings. The molecule has 1 spiro atoms. The third-order valence-electron chi connectivity index (χ3n) is 7.20.